The Kier molecular flexibility index (Phi) is 0.950. The molecule has 1 aromatic rings. The molecule has 0 atom stereocenters. The maximum absolute atomic E-state index is 3.30. The number of benzene rings is 1. The van der Waals surface area contributed by atoms with Crippen molar-refractivity contribution in [2.75, 3.05) is 11.9 Å². The van der Waals surface area contributed by atoms with E-state index in [4.69, 9.17) is 0 Å². The third-order valence-corrected chi connectivity index (χ3v) is 1.73. The van der Waals surface area contributed by atoms with Gasteiger partial charge in [0, 0.05) is 12.2 Å². The van der Waals surface area contributed by atoms with E-state index in [1.807, 2.05) is 0 Å². The van der Waals surface area contributed by atoms with Crippen LogP contribution >= 0.6 is 0 Å². The molecule has 1 aliphatic rings. The Morgan fingerprint density at radius 2 is 2.11 bits per heavy atom. The molecule has 0 radical (unpaired) electrons. The Morgan fingerprint density at radius 3 is 3.00 bits per heavy atom. The summed E-state index contributed by atoms with van der Waals surface area (Å²) < 4.78 is 0. The number of fused-ring (bicyclic) bond motifs is 1. The summed E-state index contributed by atoms with van der Waals surface area (Å²) in [6, 6.07) is 8.46. The van der Waals surface area contributed by atoms with Gasteiger partial charge in [-0.15, -0.1) is 0 Å². The number of rotatable bonds is 0. The number of hydrogen-bond acceptors (Lipinski definition) is 1. The lowest BCUT2D eigenvalue weighted by molar-refractivity contribution is 1.11. The summed E-state index contributed by atoms with van der Waals surface area (Å²) in [7, 11) is 0. The van der Waals surface area contributed by atoms with Gasteiger partial charge in [-0.25, -0.2) is 0 Å². The minimum atomic E-state index is 1.11. The summed E-state index contributed by atoms with van der Waals surface area (Å²) in [5.74, 6) is 0. The third kappa shape index (κ3) is 0.689. The van der Waals surface area contributed by atoms with E-state index in [1.165, 1.54) is 17.7 Å². The molecular formula is C8H9N. The lowest BCUT2D eigenvalue weighted by Gasteiger charge is -1.94. The van der Waals surface area contributed by atoms with Gasteiger partial charge in [-0.05, 0) is 18.1 Å². The fraction of sp³-hybridized carbons (Fsp3) is 0.250. The van der Waals surface area contributed by atoms with Gasteiger partial charge in [0.2, 0.25) is 0 Å². The molecule has 0 saturated carbocycles. The Labute approximate surface area is 54.7 Å². The van der Waals surface area contributed by atoms with Crippen LogP contribution < -0.4 is 5.32 Å². The number of anilines is 1. The summed E-state index contributed by atoms with van der Waals surface area (Å²) >= 11 is 0. The Balaban J connectivity index is 2.54. The van der Waals surface area contributed by atoms with Crippen LogP contribution in [0.25, 0.3) is 0 Å². The maximum Gasteiger partial charge on any atom is 0.0373 e. The van der Waals surface area contributed by atoms with Crippen LogP contribution in [0.2, 0.25) is 0 Å². The van der Waals surface area contributed by atoms with Crippen LogP contribution in [0, 0.1) is 0 Å². The molecule has 0 aromatic heterocycles. The zero-order valence-electron chi connectivity index (χ0n) is 5.22. The van der Waals surface area contributed by atoms with Crippen LogP contribution in [-0.4, -0.2) is 6.54 Å². The van der Waals surface area contributed by atoms with E-state index < -0.39 is 0 Å². The molecule has 9 heavy (non-hydrogen) atoms. The first kappa shape index (κ1) is 4.86. The summed E-state index contributed by atoms with van der Waals surface area (Å²) in [6.45, 7) is 1.11. The predicted octanol–water partition coefficient (Wildman–Crippen LogP) is 1.65. The van der Waals surface area contributed by atoms with Crippen molar-refractivity contribution in [2.45, 2.75) is 6.42 Å². The highest BCUT2D eigenvalue weighted by Crippen LogP contribution is 2.19. The Hall–Kier alpha value is -0.980. The summed E-state index contributed by atoms with van der Waals surface area (Å²) in [5.41, 5.74) is 2.77. The maximum atomic E-state index is 3.30. The van der Waals surface area contributed by atoms with Crippen molar-refractivity contribution in [3.63, 3.8) is 0 Å². The minimum absolute atomic E-state index is 1.11. The second-order valence-electron chi connectivity index (χ2n) is 2.33. The summed E-state index contributed by atoms with van der Waals surface area (Å²) in [4.78, 5) is 0. The van der Waals surface area contributed by atoms with Crippen molar-refractivity contribution in [3.05, 3.63) is 29.8 Å². The molecule has 2 rings (SSSR count). The van der Waals surface area contributed by atoms with Crippen molar-refractivity contribution < 1.29 is 0 Å². The van der Waals surface area contributed by atoms with Crippen LogP contribution in [0.1, 0.15) is 5.56 Å². The van der Waals surface area contributed by atoms with Gasteiger partial charge in [-0.2, -0.15) is 0 Å². The van der Waals surface area contributed by atoms with Gasteiger partial charge < -0.3 is 5.32 Å². The molecule has 1 nitrogen and oxygen atoms in total. The third-order valence-electron chi connectivity index (χ3n) is 1.73. The average Bonchev–Trinajstić information content (AvgIpc) is 2.33. The molecule has 1 heteroatoms. The standard InChI is InChI=1S/C8H9N/c1-2-4-8-7(3-1)5-6-9-8/h1-4,9H,5-6H2/i1+1,2+1,3+1,4+1,7+1,8+1. The quantitative estimate of drug-likeness (QED) is 0.556. The van der Waals surface area contributed by atoms with Crippen molar-refractivity contribution in [1.29, 1.82) is 0 Å². The van der Waals surface area contributed by atoms with Crippen LogP contribution in [-0.2, 0) is 6.42 Å². The van der Waals surface area contributed by atoms with Gasteiger partial charge in [0.05, 0.1) is 0 Å². The lowest BCUT2D eigenvalue weighted by atomic mass is 10.6. The van der Waals surface area contributed by atoms with Gasteiger partial charge in [0.1, 0.15) is 0 Å². The van der Waals surface area contributed by atoms with Gasteiger partial charge in [0.15, 0.2) is 0 Å². The molecule has 0 unspecified atom stereocenters. The predicted molar refractivity (Wildman–Crippen MR) is 38.6 cm³/mol. The second kappa shape index (κ2) is 1.76. The SMILES string of the molecule is C1C[13c]2[13cH][13cH][13cH][13cH][13c]2N1. The van der Waals surface area contributed by atoms with E-state index in [0.717, 1.165) is 6.54 Å². The Bertz CT molecular complexity index is 195. The molecule has 0 aliphatic carbocycles. The van der Waals surface area contributed by atoms with Gasteiger partial charge in [0.25, 0.3) is 0 Å². The second-order valence-corrected chi connectivity index (χ2v) is 2.33. The van der Waals surface area contributed by atoms with Crippen molar-refractivity contribution in [1.82, 2.24) is 0 Å². The van der Waals surface area contributed by atoms with E-state index in [9.17, 15) is 0 Å². The molecule has 0 spiro atoms. The first-order valence-corrected chi connectivity index (χ1v) is 3.28. The fourth-order valence-corrected chi connectivity index (χ4v) is 1.24. The van der Waals surface area contributed by atoms with Crippen molar-refractivity contribution in [2.24, 2.45) is 0 Å². The van der Waals surface area contributed by atoms with Crippen molar-refractivity contribution >= 4 is 5.69 Å². The molecule has 1 aliphatic heterocycles. The van der Waals surface area contributed by atoms with Gasteiger partial charge >= 0.3 is 0 Å². The number of hydrogen-bond donors (Lipinski definition) is 1. The zero-order chi connectivity index (χ0) is 6.10. The highest BCUT2D eigenvalue weighted by Gasteiger charge is 2.05. The molecule has 1 N–H and O–H groups in total. The number of para-hydroxylation sites is 1. The highest BCUT2D eigenvalue weighted by molar-refractivity contribution is 5.54. The first-order chi connectivity index (χ1) is 4.47. The normalized spacial score (nSPS) is 14.7. The molecule has 0 saturated heterocycles. The highest BCUT2D eigenvalue weighted by atomic mass is 15.2. The van der Waals surface area contributed by atoms with E-state index in [1.54, 1.807) is 0 Å². The molecule has 0 bridgehead atoms. The topological polar surface area (TPSA) is 12.0 Å². The lowest BCUT2D eigenvalue weighted by Crippen LogP contribution is -1.90. The monoisotopic (exact) mass is 125 g/mol. The summed E-state index contributed by atoms with van der Waals surface area (Å²) in [5, 5.41) is 3.30. The molecule has 1 heterocycles. The molecule has 46 valence electrons. The van der Waals surface area contributed by atoms with Crippen LogP contribution in [0.5, 0.6) is 0 Å². The molecule has 1 aromatic carbocycles. The average molecular weight is 125 g/mol. The molecule has 0 amide bonds. The van der Waals surface area contributed by atoms with Gasteiger partial charge in [-0.1, -0.05) is 18.2 Å². The van der Waals surface area contributed by atoms with Crippen LogP contribution in [0.3, 0.4) is 0 Å². The van der Waals surface area contributed by atoms with Gasteiger partial charge in [-0.3, -0.25) is 0 Å². The molecule has 0 fully saturated rings. The van der Waals surface area contributed by atoms with Crippen molar-refractivity contribution in [3.8, 4) is 0 Å². The van der Waals surface area contributed by atoms with E-state index in [2.05, 4.69) is 29.6 Å². The number of nitrogens with one attached hydrogen (secondary N) is 1. The van der Waals surface area contributed by atoms with E-state index in [0.29, 0.717) is 0 Å². The fourth-order valence-electron chi connectivity index (χ4n) is 1.24. The zero-order valence-corrected chi connectivity index (χ0v) is 5.22. The van der Waals surface area contributed by atoms with Crippen LogP contribution in [0.4, 0.5) is 5.69 Å². The van der Waals surface area contributed by atoms with E-state index >= 15 is 0 Å². The largest absolute Gasteiger partial charge is 0.384 e. The van der Waals surface area contributed by atoms with Crippen LogP contribution in [0.15, 0.2) is 24.3 Å². The summed E-state index contributed by atoms with van der Waals surface area (Å²) in [6.07, 6.45) is 1.19. The minimum Gasteiger partial charge on any atom is -0.384 e. The van der Waals surface area contributed by atoms with E-state index in [-0.39, 0.29) is 0 Å². The first-order valence-electron chi connectivity index (χ1n) is 3.28. The smallest absolute Gasteiger partial charge is 0.0373 e. The molecular weight excluding hydrogens is 116 g/mol. The Morgan fingerprint density at radius 1 is 1.22 bits per heavy atom.